The van der Waals surface area contributed by atoms with Crippen molar-refractivity contribution in [2.45, 2.75) is 117 Å². The average molecular weight is 384 g/mol. The molecule has 1 aromatic rings. The number of aromatic nitrogens is 3. The van der Waals surface area contributed by atoms with Crippen LogP contribution in [0.1, 0.15) is 117 Å². The number of aromatic amines is 1. The summed E-state index contributed by atoms with van der Waals surface area (Å²) >= 11 is 0. The molecule has 0 bridgehead atoms. The van der Waals surface area contributed by atoms with E-state index in [9.17, 15) is 0 Å². The predicted molar refractivity (Wildman–Crippen MR) is 120 cm³/mol. The molecule has 0 amide bonds. The van der Waals surface area contributed by atoms with Crippen LogP contribution in [0.2, 0.25) is 0 Å². The van der Waals surface area contributed by atoms with Gasteiger partial charge < -0.3 is 0 Å². The maximum Gasteiger partial charge on any atom is 0.0690 e. The van der Waals surface area contributed by atoms with Crippen molar-refractivity contribution >= 4 is 8.58 Å². The van der Waals surface area contributed by atoms with Crippen molar-refractivity contribution < 1.29 is 0 Å². The molecule has 154 valence electrons. The van der Waals surface area contributed by atoms with Crippen LogP contribution in [0.4, 0.5) is 0 Å². The molecular weight excluding hydrogens is 337 g/mol. The Kier molecular flexibility index (Phi) is 24.2. The molecule has 0 aliphatic heterocycles. The fraction of sp³-hybridized carbons (Fsp3) is 0.909. The zero-order chi connectivity index (χ0) is 19.0. The molecule has 1 N–H and O–H groups in total. The van der Waals surface area contributed by atoms with E-state index in [0.29, 0.717) is 0 Å². The van der Waals surface area contributed by atoms with Crippen molar-refractivity contribution in [1.82, 2.24) is 15.4 Å². The minimum Gasteiger partial charge on any atom is -0.266 e. The molecular formula is C22H46N3P. The molecule has 0 aliphatic carbocycles. The second-order valence-electron chi connectivity index (χ2n) is 7.36. The smallest absolute Gasteiger partial charge is 0.0690 e. The SMILES string of the molecule is CCCCCCCCCCCCCCPCCCCCC.c1c[nH]nn1. The van der Waals surface area contributed by atoms with Gasteiger partial charge in [-0.1, -0.05) is 109 Å². The molecule has 1 atom stereocenters. The summed E-state index contributed by atoms with van der Waals surface area (Å²) in [5, 5.41) is 9.26. The number of nitrogens with one attached hydrogen (secondary N) is 1. The van der Waals surface area contributed by atoms with Crippen LogP contribution in [-0.4, -0.2) is 27.7 Å². The second kappa shape index (κ2) is 24.6. The lowest BCUT2D eigenvalue weighted by atomic mass is 10.1. The minimum absolute atomic E-state index is 1.26. The highest BCUT2D eigenvalue weighted by Crippen LogP contribution is 2.18. The van der Waals surface area contributed by atoms with Crippen LogP contribution in [0, 0.1) is 0 Å². The first-order valence-corrected chi connectivity index (χ1v) is 12.8. The molecule has 1 heterocycles. The van der Waals surface area contributed by atoms with Crippen LogP contribution in [0.5, 0.6) is 0 Å². The molecule has 26 heavy (non-hydrogen) atoms. The summed E-state index contributed by atoms with van der Waals surface area (Å²) in [6.07, 6.45) is 29.8. The van der Waals surface area contributed by atoms with Crippen LogP contribution in [-0.2, 0) is 0 Å². The predicted octanol–water partition coefficient (Wildman–Crippen LogP) is 7.75. The molecule has 0 saturated carbocycles. The number of rotatable bonds is 18. The lowest BCUT2D eigenvalue weighted by molar-refractivity contribution is 0.548. The zero-order valence-corrected chi connectivity index (χ0v) is 18.8. The first kappa shape index (κ1) is 25.6. The Morgan fingerprint density at radius 2 is 1.04 bits per heavy atom. The number of nitrogens with zero attached hydrogens (tertiary/aromatic N) is 2. The number of hydrogen-bond donors (Lipinski definition) is 1. The van der Waals surface area contributed by atoms with Crippen LogP contribution < -0.4 is 0 Å². The van der Waals surface area contributed by atoms with Gasteiger partial charge in [-0.05, 0) is 25.2 Å². The molecule has 0 fully saturated rings. The summed E-state index contributed by atoms with van der Waals surface area (Å²) in [7, 11) is 1.26. The van der Waals surface area contributed by atoms with Crippen molar-refractivity contribution in [3.8, 4) is 0 Å². The van der Waals surface area contributed by atoms with E-state index in [-0.39, 0.29) is 0 Å². The van der Waals surface area contributed by atoms with Crippen molar-refractivity contribution in [3.05, 3.63) is 12.4 Å². The highest BCUT2D eigenvalue weighted by molar-refractivity contribution is 7.37. The third kappa shape index (κ3) is 23.6. The molecule has 0 aromatic carbocycles. The summed E-state index contributed by atoms with van der Waals surface area (Å²) in [4.78, 5) is 0. The van der Waals surface area contributed by atoms with E-state index in [0.717, 1.165) is 0 Å². The third-order valence-corrected chi connectivity index (χ3v) is 6.16. The maximum absolute atomic E-state index is 3.42. The van der Waals surface area contributed by atoms with E-state index >= 15 is 0 Å². The molecule has 0 saturated heterocycles. The topological polar surface area (TPSA) is 41.6 Å². The van der Waals surface area contributed by atoms with Gasteiger partial charge in [-0.15, -0.1) is 13.7 Å². The largest absolute Gasteiger partial charge is 0.266 e. The summed E-state index contributed by atoms with van der Waals surface area (Å²) < 4.78 is 0. The Bertz CT molecular complexity index is 282. The van der Waals surface area contributed by atoms with Gasteiger partial charge in [0.2, 0.25) is 0 Å². The summed E-state index contributed by atoms with van der Waals surface area (Å²) in [6.45, 7) is 4.60. The lowest BCUT2D eigenvalue weighted by Crippen LogP contribution is -1.85. The fourth-order valence-electron chi connectivity index (χ4n) is 3.06. The van der Waals surface area contributed by atoms with Gasteiger partial charge in [0.1, 0.15) is 0 Å². The summed E-state index contributed by atoms with van der Waals surface area (Å²) in [6, 6.07) is 0. The van der Waals surface area contributed by atoms with Gasteiger partial charge in [0.25, 0.3) is 0 Å². The normalized spacial score (nSPS) is 11.0. The molecule has 1 aromatic heterocycles. The van der Waals surface area contributed by atoms with Crippen molar-refractivity contribution in [1.29, 1.82) is 0 Å². The Hall–Kier alpha value is -0.430. The Morgan fingerprint density at radius 3 is 1.38 bits per heavy atom. The number of unbranched alkanes of at least 4 members (excludes halogenated alkanes) is 14. The number of H-pyrrole nitrogens is 1. The van der Waals surface area contributed by atoms with Gasteiger partial charge in [-0.25, -0.2) is 0 Å². The van der Waals surface area contributed by atoms with Gasteiger partial charge >= 0.3 is 0 Å². The highest BCUT2D eigenvalue weighted by atomic mass is 31.1. The highest BCUT2D eigenvalue weighted by Gasteiger charge is 1.94. The van der Waals surface area contributed by atoms with Crippen LogP contribution in [0.25, 0.3) is 0 Å². The Labute approximate surface area is 165 Å². The lowest BCUT2D eigenvalue weighted by Gasteiger charge is -2.03. The van der Waals surface area contributed by atoms with Crippen LogP contribution >= 0.6 is 8.58 Å². The molecule has 3 nitrogen and oxygen atoms in total. The van der Waals surface area contributed by atoms with Crippen LogP contribution in [0.15, 0.2) is 12.4 Å². The Balaban J connectivity index is 0.00000106. The Morgan fingerprint density at radius 1 is 0.615 bits per heavy atom. The van der Waals surface area contributed by atoms with Crippen molar-refractivity contribution in [2.24, 2.45) is 0 Å². The van der Waals surface area contributed by atoms with Gasteiger partial charge in [-0.2, -0.15) is 0 Å². The zero-order valence-electron chi connectivity index (χ0n) is 17.8. The van der Waals surface area contributed by atoms with Gasteiger partial charge in [0.05, 0.1) is 6.20 Å². The van der Waals surface area contributed by atoms with Crippen molar-refractivity contribution in [3.63, 3.8) is 0 Å². The minimum atomic E-state index is 1.26. The second-order valence-corrected chi connectivity index (χ2v) is 8.86. The molecule has 0 aliphatic rings. The monoisotopic (exact) mass is 383 g/mol. The van der Waals surface area contributed by atoms with E-state index in [4.69, 9.17) is 0 Å². The first-order valence-electron chi connectivity index (χ1n) is 11.4. The van der Waals surface area contributed by atoms with E-state index in [1.165, 1.54) is 124 Å². The average Bonchev–Trinajstić information content (AvgIpc) is 3.24. The van der Waals surface area contributed by atoms with Crippen LogP contribution in [0.3, 0.4) is 0 Å². The maximum atomic E-state index is 3.42. The number of hydrogen-bond acceptors (Lipinski definition) is 2. The van der Waals surface area contributed by atoms with Gasteiger partial charge in [0, 0.05) is 6.20 Å². The third-order valence-electron chi connectivity index (χ3n) is 4.75. The molecule has 0 radical (unpaired) electrons. The standard InChI is InChI=1S/C20H43P.C2H3N3/c1-3-5-7-9-10-11-12-13-14-15-16-18-20-21-19-17-8-6-4-2;1-2-4-5-3-1/h21H,3-20H2,1-2H3;1-2H,(H,3,4,5). The summed E-state index contributed by atoms with van der Waals surface area (Å²) in [5.41, 5.74) is 0. The van der Waals surface area contributed by atoms with E-state index in [1.807, 2.05) is 0 Å². The van der Waals surface area contributed by atoms with E-state index in [1.54, 1.807) is 12.4 Å². The van der Waals surface area contributed by atoms with Crippen molar-refractivity contribution in [2.75, 3.05) is 12.3 Å². The molecule has 0 spiro atoms. The quantitative estimate of drug-likeness (QED) is 0.208. The summed E-state index contributed by atoms with van der Waals surface area (Å²) in [5.74, 6) is 0. The van der Waals surface area contributed by atoms with E-state index in [2.05, 4.69) is 29.3 Å². The first-order chi connectivity index (χ1) is 12.9. The molecule has 1 rings (SSSR count). The molecule has 4 heteroatoms. The fourth-order valence-corrected chi connectivity index (χ4v) is 4.31. The molecule has 1 unspecified atom stereocenters. The van der Waals surface area contributed by atoms with Gasteiger partial charge in [-0.3, -0.25) is 5.10 Å². The van der Waals surface area contributed by atoms with Gasteiger partial charge in [0.15, 0.2) is 0 Å². The van der Waals surface area contributed by atoms with E-state index < -0.39 is 0 Å².